The molecule has 0 radical (unpaired) electrons. The Balaban J connectivity index is 2.48. The van der Waals surface area contributed by atoms with E-state index >= 15 is 0 Å². The van der Waals surface area contributed by atoms with Crippen LogP contribution in [0.25, 0.3) is 0 Å². The van der Waals surface area contributed by atoms with Crippen molar-refractivity contribution in [2.45, 2.75) is 10.4 Å². The van der Waals surface area contributed by atoms with E-state index in [1.54, 1.807) is 0 Å². The largest absolute Gasteiger partial charge is 0.442 e. The fourth-order valence-corrected chi connectivity index (χ4v) is 2.66. The topological polar surface area (TPSA) is 0 Å². The van der Waals surface area contributed by atoms with Gasteiger partial charge in [0.05, 0.1) is 10.1 Å². The van der Waals surface area contributed by atoms with Gasteiger partial charge in [-0.05, 0) is 30.0 Å². The Morgan fingerprint density at radius 3 is 2.47 bits per heavy atom. The number of halogens is 5. The molecule has 0 N–H and O–H groups in total. The zero-order valence-corrected chi connectivity index (χ0v) is 9.53. The summed E-state index contributed by atoms with van der Waals surface area (Å²) in [4.78, 5) is 0.512. The highest BCUT2D eigenvalue weighted by Gasteiger charge is 2.27. The first-order valence-electron chi connectivity index (χ1n) is 3.67. The van der Waals surface area contributed by atoms with E-state index in [0.717, 1.165) is 17.8 Å². The van der Waals surface area contributed by atoms with Gasteiger partial charge in [0.15, 0.2) is 0 Å². The van der Waals surface area contributed by atoms with Crippen LogP contribution >= 0.6 is 35.1 Å². The van der Waals surface area contributed by atoms with Crippen molar-refractivity contribution in [3.05, 3.63) is 29.0 Å². The molecule has 0 bridgehead atoms. The van der Waals surface area contributed by atoms with E-state index in [9.17, 15) is 17.6 Å². The van der Waals surface area contributed by atoms with Gasteiger partial charge in [-0.3, -0.25) is 0 Å². The molecule has 1 aromatic carbocycles. The quantitative estimate of drug-likeness (QED) is 0.443. The molecule has 1 rings (SSSR count). The Hall–Kier alpha value is -0.0700. The van der Waals surface area contributed by atoms with Crippen LogP contribution in [0, 0.1) is 5.82 Å². The van der Waals surface area contributed by atoms with Gasteiger partial charge in [-0.15, -0.1) is 11.8 Å². The van der Waals surface area contributed by atoms with Gasteiger partial charge in [0.1, 0.15) is 5.82 Å². The van der Waals surface area contributed by atoms with Gasteiger partial charge in [0.2, 0.25) is 0 Å². The zero-order valence-electron chi connectivity index (χ0n) is 7.15. The van der Waals surface area contributed by atoms with Crippen LogP contribution in [0.1, 0.15) is 0 Å². The SMILES string of the molecule is Fc1ccc(SCSC(F)(F)F)cc1Cl. The number of rotatable bonds is 3. The molecular formula is C8H5ClF4S2. The fourth-order valence-electron chi connectivity index (χ4n) is 0.731. The van der Waals surface area contributed by atoms with Gasteiger partial charge >= 0.3 is 5.51 Å². The second-order valence-electron chi connectivity index (χ2n) is 2.43. The molecule has 0 spiro atoms. The molecule has 0 heterocycles. The van der Waals surface area contributed by atoms with Gasteiger partial charge in [-0.25, -0.2) is 4.39 Å². The molecule has 1 aromatic rings. The molecule has 0 aliphatic heterocycles. The van der Waals surface area contributed by atoms with Crippen LogP contribution in [0.5, 0.6) is 0 Å². The Bertz CT molecular complexity index is 340. The first-order chi connectivity index (χ1) is 6.88. The predicted molar refractivity (Wildman–Crippen MR) is 55.8 cm³/mol. The molecule has 0 amide bonds. The second kappa shape index (κ2) is 5.32. The molecule has 0 aliphatic rings. The van der Waals surface area contributed by atoms with E-state index in [0.29, 0.717) is 4.90 Å². The summed E-state index contributed by atoms with van der Waals surface area (Å²) in [5.74, 6) is -0.579. The van der Waals surface area contributed by atoms with Crippen molar-refractivity contribution >= 4 is 35.1 Å². The molecular weight excluding hydrogens is 272 g/mol. The Kier molecular flexibility index (Phi) is 4.61. The monoisotopic (exact) mass is 276 g/mol. The van der Waals surface area contributed by atoms with E-state index in [2.05, 4.69) is 0 Å². The lowest BCUT2D eigenvalue weighted by Crippen LogP contribution is -1.99. The first-order valence-corrected chi connectivity index (χ1v) is 6.02. The third-order valence-electron chi connectivity index (χ3n) is 1.34. The number of alkyl halides is 3. The fraction of sp³-hybridized carbons (Fsp3) is 0.250. The van der Waals surface area contributed by atoms with Gasteiger partial charge in [0, 0.05) is 4.90 Å². The van der Waals surface area contributed by atoms with Gasteiger partial charge < -0.3 is 0 Å². The number of hydrogen-bond donors (Lipinski definition) is 0. The minimum atomic E-state index is -4.24. The highest BCUT2D eigenvalue weighted by atomic mass is 35.5. The summed E-state index contributed by atoms with van der Waals surface area (Å²) in [5, 5.41) is -0.261. The van der Waals surface area contributed by atoms with Crippen LogP contribution in [-0.2, 0) is 0 Å². The van der Waals surface area contributed by atoms with E-state index in [1.807, 2.05) is 0 Å². The van der Waals surface area contributed by atoms with E-state index in [-0.39, 0.29) is 21.9 Å². The van der Waals surface area contributed by atoms with E-state index in [1.165, 1.54) is 12.1 Å². The van der Waals surface area contributed by atoms with Gasteiger partial charge in [0.25, 0.3) is 0 Å². The van der Waals surface area contributed by atoms with Crippen LogP contribution in [0.2, 0.25) is 5.02 Å². The molecule has 0 saturated carbocycles. The molecule has 0 fully saturated rings. The highest BCUT2D eigenvalue weighted by Crippen LogP contribution is 2.35. The number of thioether (sulfide) groups is 2. The lowest BCUT2D eigenvalue weighted by Gasteiger charge is -2.05. The molecule has 0 aromatic heterocycles. The molecule has 0 unspecified atom stereocenters. The van der Waals surface area contributed by atoms with Crippen molar-refractivity contribution in [2.24, 2.45) is 0 Å². The molecule has 84 valence electrons. The predicted octanol–water partition coefficient (Wildman–Crippen LogP) is 4.78. The summed E-state index contributed by atoms with van der Waals surface area (Å²) in [6.07, 6.45) is 0. The summed E-state index contributed by atoms with van der Waals surface area (Å²) in [5.41, 5.74) is -4.24. The normalized spacial score (nSPS) is 11.8. The summed E-state index contributed by atoms with van der Waals surface area (Å²) < 4.78 is 48.0. The molecule has 0 nitrogen and oxygen atoms in total. The third kappa shape index (κ3) is 4.99. The van der Waals surface area contributed by atoms with Crippen LogP contribution < -0.4 is 0 Å². The van der Waals surface area contributed by atoms with Crippen molar-refractivity contribution in [1.29, 1.82) is 0 Å². The third-order valence-corrected chi connectivity index (χ3v) is 3.49. The van der Waals surface area contributed by atoms with Gasteiger partial charge in [-0.1, -0.05) is 11.6 Å². The second-order valence-corrected chi connectivity index (χ2v) is 5.29. The molecule has 0 saturated heterocycles. The van der Waals surface area contributed by atoms with Crippen LogP contribution in [0.4, 0.5) is 17.6 Å². The standard InChI is InChI=1S/C8H5ClF4S2/c9-6-3-5(1-2-7(6)10)14-4-15-8(11,12)13/h1-3H,4H2. The van der Waals surface area contributed by atoms with Crippen LogP contribution in [0.3, 0.4) is 0 Å². The Morgan fingerprint density at radius 1 is 1.27 bits per heavy atom. The summed E-state index contributed by atoms with van der Waals surface area (Å²) in [7, 11) is 0. The smallest absolute Gasteiger partial charge is 0.205 e. The van der Waals surface area contributed by atoms with E-state index < -0.39 is 11.3 Å². The van der Waals surface area contributed by atoms with Crippen molar-refractivity contribution in [3.8, 4) is 0 Å². The maximum Gasteiger partial charge on any atom is 0.442 e. The van der Waals surface area contributed by atoms with Crippen molar-refractivity contribution < 1.29 is 17.6 Å². The van der Waals surface area contributed by atoms with Crippen LogP contribution in [0.15, 0.2) is 23.1 Å². The molecule has 0 atom stereocenters. The lowest BCUT2D eigenvalue weighted by molar-refractivity contribution is -0.0324. The number of benzene rings is 1. The van der Waals surface area contributed by atoms with Gasteiger partial charge in [-0.2, -0.15) is 13.2 Å². The minimum absolute atomic E-state index is 0.0861. The molecule has 7 heteroatoms. The van der Waals surface area contributed by atoms with Crippen LogP contribution in [-0.4, -0.2) is 10.6 Å². The molecule has 15 heavy (non-hydrogen) atoms. The Morgan fingerprint density at radius 2 is 1.93 bits per heavy atom. The highest BCUT2D eigenvalue weighted by molar-refractivity contribution is 8.16. The summed E-state index contributed by atoms with van der Waals surface area (Å²) in [6, 6.07) is 3.82. The first kappa shape index (κ1) is 13.0. The zero-order chi connectivity index (χ0) is 11.5. The minimum Gasteiger partial charge on any atom is -0.205 e. The number of hydrogen-bond acceptors (Lipinski definition) is 2. The van der Waals surface area contributed by atoms with Crippen molar-refractivity contribution in [2.75, 3.05) is 5.08 Å². The summed E-state index contributed by atoms with van der Waals surface area (Å²) >= 11 is 6.29. The van der Waals surface area contributed by atoms with Crippen molar-refractivity contribution in [3.63, 3.8) is 0 Å². The summed E-state index contributed by atoms with van der Waals surface area (Å²) in [6.45, 7) is 0. The van der Waals surface area contributed by atoms with Crippen molar-refractivity contribution in [1.82, 2.24) is 0 Å². The maximum atomic E-state index is 12.7. The molecule has 0 aliphatic carbocycles. The lowest BCUT2D eigenvalue weighted by atomic mass is 10.3. The average molecular weight is 277 g/mol. The maximum absolute atomic E-state index is 12.7. The average Bonchev–Trinajstić information content (AvgIpc) is 2.09. The van der Waals surface area contributed by atoms with E-state index in [4.69, 9.17) is 11.6 Å². The Labute approximate surface area is 97.4 Å².